The number of nitrogens with one attached hydrogen (secondary N) is 2. The summed E-state index contributed by atoms with van der Waals surface area (Å²) in [5, 5.41) is 3.48. The van der Waals surface area contributed by atoms with Gasteiger partial charge in [-0.2, -0.15) is 13.2 Å². The zero-order valence-corrected chi connectivity index (χ0v) is 13.2. The fraction of sp³-hybridized carbons (Fsp3) is 0.357. The van der Waals surface area contributed by atoms with Gasteiger partial charge in [-0.15, -0.1) is 0 Å². The van der Waals surface area contributed by atoms with Gasteiger partial charge in [0.1, 0.15) is 0 Å². The fourth-order valence-corrected chi connectivity index (χ4v) is 2.41. The van der Waals surface area contributed by atoms with E-state index in [9.17, 15) is 27.6 Å². The highest BCUT2D eigenvalue weighted by molar-refractivity contribution is 8.00. The molecule has 0 radical (unpaired) electrons. The van der Waals surface area contributed by atoms with Crippen LogP contribution in [0.5, 0.6) is 0 Å². The molecule has 0 unspecified atom stereocenters. The van der Waals surface area contributed by atoms with Gasteiger partial charge >= 0.3 is 5.51 Å². The number of hydrogen-bond acceptors (Lipinski definition) is 4. The molecule has 3 amide bonds. The normalized spacial score (nSPS) is 15.2. The Morgan fingerprint density at radius 2 is 1.88 bits per heavy atom. The van der Waals surface area contributed by atoms with Gasteiger partial charge in [-0.1, -0.05) is 0 Å². The first kappa shape index (κ1) is 18.1. The van der Waals surface area contributed by atoms with Crippen molar-refractivity contribution < 1.29 is 27.6 Å². The number of halogens is 3. The van der Waals surface area contributed by atoms with Crippen LogP contribution in [-0.4, -0.2) is 35.5 Å². The van der Waals surface area contributed by atoms with Gasteiger partial charge in [-0.05, 0) is 36.0 Å². The lowest BCUT2D eigenvalue weighted by Crippen LogP contribution is -2.50. The Hall–Kier alpha value is -2.23. The van der Waals surface area contributed by atoms with Crippen molar-refractivity contribution >= 4 is 35.2 Å². The van der Waals surface area contributed by atoms with Gasteiger partial charge in [0, 0.05) is 30.7 Å². The van der Waals surface area contributed by atoms with Crippen LogP contribution in [0.2, 0.25) is 0 Å². The summed E-state index contributed by atoms with van der Waals surface area (Å²) < 4.78 is 35.9. The molecule has 1 aliphatic heterocycles. The fourth-order valence-electron chi connectivity index (χ4n) is 1.98. The number of amides is 3. The van der Waals surface area contributed by atoms with Crippen molar-refractivity contribution in [1.29, 1.82) is 0 Å². The smallest absolute Gasteiger partial charge is 0.351 e. The van der Waals surface area contributed by atoms with E-state index in [1.807, 2.05) is 0 Å². The molecule has 6 nitrogen and oxygen atoms in total. The maximum absolute atomic E-state index is 12.0. The van der Waals surface area contributed by atoms with Crippen molar-refractivity contribution in [3.63, 3.8) is 0 Å². The van der Waals surface area contributed by atoms with Crippen molar-refractivity contribution in [2.45, 2.75) is 18.3 Å². The highest BCUT2D eigenvalue weighted by Crippen LogP contribution is 2.29. The number of hydrogen-bond donors (Lipinski definition) is 2. The van der Waals surface area contributed by atoms with Gasteiger partial charge in [-0.25, -0.2) is 5.01 Å². The van der Waals surface area contributed by atoms with Crippen molar-refractivity contribution in [3.8, 4) is 0 Å². The molecule has 24 heavy (non-hydrogen) atoms. The van der Waals surface area contributed by atoms with E-state index >= 15 is 0 Å². The third-order valence-corrected chi connectivity index (χ3v) is 3.83. The number of rotatable bonds is 5. The molecule has 1 aromatic rings. The predicted molar refractivity (Wildman–Crippen MR) is 82.2 cm³/mol. The van der Waals surface area contributed by atoms with Gasteiger partial charge in [0.15, 0.2) is 0 Å². The van der Waals surface area contributed by atoms with Crippen molar-refractivity contribution in [1.82, 2.24) is 10.7 Å². The molecular formula is C14H14F3N3O3S. The zero-order valence-electron chi connectivity index (χ0n) is 12.4. The average molecular weight is 361 g/mol. The number of thioether (sulfide) groups is 1. The minimum Gasteiger partial charge on any atom is -0.351 e. The van der Waals surface area contributed by atoms with Crippen LogP contribution in [0.25, 0.3) is 0 Å². The lowest BCUT2D eigenvalue weighted by molar-refractivity contribution is -0.130. The van der Waals surface area contributed by atoms with Gasteiger partial charge in [0.2, 0.25) is 11.8 Å². The van der Waals surface area contributed by atoms with E-state index in [2.05, 4.69) is 10.7 Å². The van der Waals surface area contributed by atoms with Crippen LogP contribution in [0.4, 0.5) is 18.9 Å². The SMILES string of the molecule is O=C1CCC(=O)N(c2ccc(C(=O)NCCSC(F)(F)F)cc2)N1. The molecule has 1 aromatic carbocycles. The zero-order chi connectivity index (χ0) is 17.7. The Kier molecular flexibility index (Phi) is 5.71. The van der Waals surface area contributed by atoms with E-state index in [0.717, 1.165) is 5.01 Å². The first-order valence-corrected chi connectivity index (χ1v) is 7.96. The Labute approximate surface area is 139 Å². The predicted octanol–water partition coefficient (Wildman–Crippen LogP) is 1.83. The van der Waals surface area contributed by atoms with Crippen LogP contribution in [0, 0.1) is 0 Å². The van der Waals surface area contributed by atoms with E-state index in [0.29, 0.717) is 5.69 Å². The van der Waals surface area contributed by atoms with Gasteiger partial charge < -0.3 is 5.32 Å². The van der Waals surface area contributed by atoms with E-state index < -0.39 is 11.4 Å². The molecule has 0 saturated carbocycles. The molecule has 0 bridgehead atoms. The molecule has 2 N–H and O–H groups in total. The second-order valence-corrected chi connectivity index (χ2v) is 6.02. The maximum atomic E-state index is 12.0. The summed E-state index contributed by atoms with van der Waals surface area (Å²) >= 11 is -0.207. The minimum atomic E-state index is -4.32. The molecule has 10 heteroatoms. The average Bonchev–Trinajstić information content (AvgIpc) is 2.53. The van der Waals surface area contributed by atoms with Crippen LogP contribution in [0.3, 0.4) is 0 Å². The summed E-state index contributed by atoms with van der Waals surface area (Å²) in [6.07, 6.45) is 0.233. The molecule has 2 rings (SSSR count). The third kappa shape index (κ3) is 5.15. The summed E-state index contributed by atoms with van der Waals surface area (Å²) in [5.74, 6) is -1.34. The second-order valence-electron chi connectivity index (χ2n) is 4.86. The van der Waals surface area contributed by atoms with Crippen LogP contribution in [0.15, 0.2) is 24.3 Å². The van der Waals surface area contributed by atoms with Crippen LogP contribution in [-0.2, 0) is 9.59 Å². The van der Waals surface area contributed by atoms with Gasteiger partial charge in [0.05, 0.1) is 5.69 Å². The third-order valence-electron chi connectivity index (χ3n) is 3.09. The maximum Gasteiger partial charge on any atom is 0.441 e. The van der Waals surface area contributed by atoms with E-state index in [4.69, 9.17) is 0 Å². The second kappa shape index (κ2) is 7.56. The quantitative estimate of drug-likeness (QED) is 0.785. The summed E-state index contributed by atoms with van der Waals surface area (Å²) in [7, 11) is 0. The molecular weight excluding hydrogens is 347 g/mol. The molecule has 1 saturated heterocycles. The lowest BCUT2D eigenvalue weighted by atomic mass is 10.1. The summed E-state index contributed by atoms with van der Waals surface area (Å²) in [6.45, 7) is -0.120. The highest BCUT2D eigenvalue weighted by atomic mass is 32.2. The Morgan fingerprint density at radius 3 is 2.50 bits per heavy atom. The molecule has 1 heterocycles. The first-order valence-electron chi connectivity index (χ1n) is 6.97. The van der Waals surface area contributed by atoms with E-state index in [1.165, 1.54) is 24.3 Å². The molecule has 1 aliphatic rings. The van der Waals surface area contributed by atoms with E-state index in [1.54, 1.807) is 0 Å². The summed E-state index contributed by atoms with van der Waals surface area (Å²) in [6, 6.07) is 5.80. The molecule has 0 atom stereocenters. The lowest BCUT2D eigenvalue weighted by Gasteiger charge is -2.27. The number of carbonyl (C=O) groups is 3. The number of nitrogens with zero attached hydrogens (tertiary/aromatic N) is 1. The Balaban J connectivity index is 1.90. The number of anilines is 1. The largest absolute Gasteiger partial charge is 0.441 e. The van der Waals surface area contributed by atoms with Crippen LogP contribution < -0.4 is 15.8 Å². The number of hydrazine groups is 1. The van der Waals surface area contributed by atoms with Crippen molar-refractivity contribution in [2.75, 3.05) is 17.3 Å². The molecule has 0 spiro atoms. The van der Waals surface area contributed by atoms with E-state index in [-0.39, 0.29) is 54.3 Å². The minimum absolute atomic E-state index is 0.102. The first-order chi connectivity index (χ1) is 11.3. The van der Waals surface area contributed by atoms with Crippen molar-refractivity contribution in [3.05, 3.63) is 29.8 Å². The monoisotopic (exact) mass is 361 g/mol. The standard InChI is InChI=1S/C14H14F3N3O3S/c15-14(16,17)24-8-7-18-13(23)9-1-3-10(4-2-9)20-12(22)6-5-11(21)19-20/h1-4H,5-8H2,(H,18,23)(H,19,21). The Morgan fingerprint density at radius 1 is 1.21 bits per heavy atom. The van der Waals surface area contributed by atoms with Gasteiger partial charge in [0.25, 0.3) is 5.91 Å². The summed E-state index contributed by atoms with van der Waals surface area (Å²) in [4.78, 5) is 34.9. The molecule has 130 valence electrons. The van der Waals surface area contributed by atoms with Crippen molar-refractivity contribution in [2.24, 2.45) is 0 Å². The number of benzene rings is 1. The number of carbonyl (C=O) groups excluding carboxylic acids is 3. The molecule has 0 aromatic heterocycles. The topological polar surface area (TPSA) is 78.5 Å². The molecule has 0 aliphatic carbocycles. The number of alkyl halides is 3. The van der Waals surface area contributed by atoms with Crippen LogP contribution in [0.1, 0.15) is 23.2 Å². The van der Waals surface area contributed by atoms with Crippen LogP contribution >= 0.6 is 11.8 Å². The van der Waals surface area contributed by atoms with Gasteiger partial charge in [-0.3, -0.25) is 19.8 Å². The highest BCUT2D eigenvalue weighted by Gasteiger charge is 2.27. The molecule has 1 fully saturated rings. The summed E-state index contributed by atoms with van der Waals surface area (Å²) in [5.41, 5.74) is -1.26. The Bertz CT molecular complexity index is 634.